The van der Waals surface area contributed by atoms with Gasteiger partial charge in [0.25, 0.3) is 0 Å². The van der Waals surface area contributed by atoms with Crippen LogP contribution in [0, 0.1) is 0 Å². The number of likely N-dealkylation sites (tertiary alicyclic amines) is 1. The number of nitrogens with zero attached hydrogens (tertiary/aromatic N) is 4. The Morgan fingerprint density at radius 1 is 1.17 bits per heavy atom. The van der Waals surface area contributed by atoms with Gasteiger partial charge < -0.3 is 14.4 Å². The second-order valence-electron chi connectivity index (χ2n) is 9.32. The molecule has 0 unspecified atom stereocenters. The number of piperidine rings is 1. The molecule has 1 aliphatic heterocycles. The number of ether oxygens (including phenoxy) is 2. The number of hydrogen-bond acceptors (Lipinski definition) is 6. The van der Waals surface area contributed by atoms with E-state index in [2.05, 4.69) is 10.2 Å². The van der Waals surface area contributed by atoms with E-state index in [1.165, 1.54) is 24.9 Å². The van der Waals surface area contributed by atoms with Crippen LogP contribution in [0.5, 0.6) is 5.75 Å². The van der Waals surface area contributed by atoms with Crippen LogP contribution < -0.4 is 4.74 Å². The first-order valence-corrected chi connectivity index (χ1v) is 12.1. The number of rotatable bonds is 4. The minimum absolute atomic E-state index is 0.0675. The molecular weight excluding hydrogens is 481 g/mol. The number of carbonyl (C=O) groups excluding carboxylic acids is 1. The Kier molecular flexibility index (Phi) is 6.90. The molecule has 188 valence electrons. The van der Waals surface area contributed by atoms with Crippen molar-refractivity contribution in [2.24, 2.45) is 0 Å². The number of alkyl halides is 3. The molecule has 3 aromatic rings. The lowest BCUT2D eigenvalue weighted by atomic mass is 10.1. The normalized spacial score (nSPS) is 17.0. The number of halogens is 3. The van der Waals surface area contributed by atoms with Crippen LogP contribution in [0.3, 0.4) is 0 Å². The van der Waals surface area contributed by atoms with Crippen LogP contribution in [0.2, 0.25) is 0 Å². The lowest BCUT2D eigenvalue weighted by molar-refractivity contribution is -0.137. The topological polar surface area (TPSA) is 69.0 Å². The summed E-state index contributed by atoms with van der Waals surface area (Å²) in [6.45, 7) is 6.69. The van der Waals surface area contributed by atoms with Crippen molar-refractivity contribution in [1.82, 2.24) is 19.5 Å². The molecule has 0 N–H and O–H groups in total. The molecule has 1 saturated heterocycles. The Labute approximate surface area is 205 Å². The molecule has 0 aliphatic carbocycles. The molecule has 1 amide bonds. The minimum Gasteiger partial charge on any atom is -0.496 e. The van der Waals surface area contributed by atoms with Crippen molar-refractivity contribution in [2.75, 3.05) is 20.2 Å². The van der Waals surface area contributed by atoms with Gasteiger partial charge in [-0.25, -0.2) is 4.79 Å². The van der Waals surface area contributed by atoms with Crippen LogP contribution in [0.4, 0.5) is 18.0 Å². The number of methoxy groups -OCH3 is 1. The van der Waals surface area contributed by atoms with Crippen LogP contribution in [0.1, 0.15) is 39.2 Å². The van der Waals surface area contributed by atoms with Gasteiger partial charge in [0.2, 0.25) is 0 Å². The van der Waals surface area contributed by atoms with Gasteiger partial charge in [0.1, 0.15) is 17.0 Å². The summed E-state index contributed by atoms with van der Waals surface area (Å²) in [7, 11) is 1.32. The van der Waals surface area contributed by atoms with Crippen molar-refractivity contribution >= 4 is 23.4 Å². The summed E-state index contributed by atoms with van der Waals surface area (Å²) in [4.78, 5) is 14.2. The van der Waals surface area contributed by atoms with E-state index in [1.54, 1.807) is 4.90 Å². The lowest BCUT2D eigenvalue weighted by Gasteiger charge is -2.33. The highest BCUT2D eigenvalue weighted by molar-refractivity contribution is 7.99. The van der Waals surface area contributed by atoms with Gasteiger partial charge in [-0.05, 0) is 63.9 Å². The van der Waals surface area contributed by atoms with E-state index in [9.17, 15) is 18.0 Å². The van der Waals surface area contributed by atoms with Gasteiger partial charge in [0.15, 0.2) is 5.16 Å². The van der Waals surface area contributed by atoms with Gasteiger partial charge in [-0.3, -0.25) is 4.40 Å². The maximum absolute atomic E-state index is 13.2. The first-order chi connectivity index (χ1) is 16.5. The molecule has 2 aromatic heterocycles. The second kappa shape index (κ2) is 9.60. The number of amides is 1. The van der Waals surface area contributed by atoms with Gasteiger partial charge in [-0.15, -0.1) is 10.2 Å². The molecule has 0 radical (unpaired) electrons. The van der Waals surface area contributed by atoms with E-state index in [-0.39, 0.29) is 17.1 Å². The van der Waals surface area contributed by atoms with E-state index in [0.29, 0.717) is 35.0 Å². The molecule has 0 saturated carbocycles. The third-order valence-corrected chi connectivity index (χ3v) is 6.73. The van der Waals surface area contributed by atoms with Crippen LogP contribution in [0.25, 0.3) is 16.8 Å². The zero-order valence-corrected chi connectivity index (χ0v) is 20.7. The SMILES string of the molecule is COc1cc(C(F)(F)F)ccc1-c1nnc(S[C@@H]2CCCN(C(=O)OC(C)(C)C)C2)n2cccc12. The summed E-state index contributed by atoms with van der Waals surface area (Å²) in [5.74, 6) is 0.0675. The van der Waals surface area contributed by atoms with Gasteiger partial charge in [0.05, 0.1) is 18.2 Å². The Morgan fingerprint density at radius 3 is 2.63 bits per heavy atom. The van der Waals surface area contributed by atoms with Crippen molar-refractivity contribution in [2.45, 2.75) is 55.8 Å². The largest absolute Gasteiger partial charge is 0.496 e. The van der Waals surface area contributed by atoms with Gasteiger partial charge in [-0.2, -0.15) is 13.2 Å². The zero-order valence-electron chi connectivity index (χ0n) is 19.9. The van der Waals surface area contributed by atoms with E-state index in [0.717, 1.165) is 25.0 Å². The Bertz CT molecular complexity index is 1220. The molecule has 1 atom stereocenters. The molecule has 1 fully saturated rings. The van der Waals surface area contributed by atoms with Crippen molar-refractivity contribution in [1.29, 1.82) is 0 Å². The molecular formula is C24H27F3N4O3S. The average Bonchev–Trinajstić information content (AvgIpc) is 3.28. The van der Waals surface area contributed by atoms with Crippen LogP contribution in [0.15, 0.2) is 41.7 Å². The molecule has 4 rings (SSSR count). The number of aromatic nitrogens is 3. The van der Waals surface area contributed by atoms with Gasteiger partial charge in [-0.1, -0.05) is 11.8 Å². The molecule has 1 aromatic carbocycles. The number of carbonyl (C=O) groups is 1. The smallest absolute Gasteiger partial charge is 0.416 e. The highest BCUT2D eigenvalue weighted by atomic mass is 32.2. The summed E-state index contributed by atoms with van der Waals surface area (Å²) in [5, 5.41) is 9.48. The Morgan fingerprint density at radius 2 is 1.94 bits per heavy atom. The average molecular weight is 509 g/mol. The molecule has 0 spiro atoms. The van der Waals surface area contributed by atoms with Crippen LogP contribution in [-0.4, -0.2) is 56.6 Å². The fraction of sp³-hybridized carbons (Fsp3) is 0.458. The van der Waals surface area contributed by atoms with Gasteiger partial charge >= 0.3 is 12.3 Å². The molecule has 1 aliphatic rings. The maximum atomic E-state index is 13.2. The first-order valence-electron chi connectivity index (χ1n) is 11.2. The molecule has 7 nitrogen and oxygen atoms in total. The summed E-state index contributed by atoms with van der Waals surface area (Å²) < 4.78 is 52.1. The third kappa shape index (κ3) is 5.66. The maximum Gasteiger partial charge on any atom is 0.416 e. The molecule has 3 heterocycles. The predicted molar refractivity (Wildman–Crippen MR) is 127 cm³/mol. The minimum atomic E-state index is -4.48. The lowest BCUT2D eigenvalue weighted by Crippen LogP contribution is -2.43. The number of fused-ring (bicyclic) bond motifs is 1. The van der Waals surface area contributed by atoms with Crippen molar-refractivity contribution in [3.63, 3.8) is 0 Å². The second-order valence-corrected chi connectivity index (χ2v) is 10.6. The third-order valence-electron chi connectivity index (χ3n) is 5.52. The quantitative estimate of drug-likeness (QED) is 0.436. The fourth-order valence-electron chi connectivity index (χ4n) is 3.94. The predicted octanol–water partition coefficient (Wildman–Crippen LogP) is 5.92. The fourth-order valence-corrected chi connectivity index (χ4v) is 5.14. The van der Waals surface area contributed by atoms with E-state index in [4.69, 9.17) is 9.47 Å². The standard InChI is InChI=1S/C24H27F3N4O3S/c1-23(2,3)34-22(32)30-11-5-7-16(14-30)35-21-29-28-20(18-8-6-12-31(18)21)17-10-9-15(24(25,26)27)13-19(17)33-4/h6,8-10,12-13,16H,5,7,11,14H2,1-4H3/t16-/m1/s1. The highest BCUT2D eigenvalue weighted by Crippen LogP contribution is 2.38. The Hall–Kier alpha value is -2.95. The summed E-state index contributed by atoms with van der Waals surface area (Å²) in [6.07, 6.45) is -1.22. The van der Waals surface area contributed by atoms with E-state index >= 15 is 0 Å². The number of hydrogen-bond donors (Lipinski definition) is 0. The van der Waals surface area contributed by atoms with E-state index < -0.39 is 17.3 Å². The molecule has 11 heteroatoms. The van der Waals surface area contributed by atoms with Gasteiger partial charge in [0, 0.05) is 30.1 Å². The van der Waals surface area contributed by atoms with Crippen molar-refractivity contribution in [3.8, 4) is 17.0 Å². The summed E-state index contributed by atoms with van der Waals surface area (Å²) >= 11 is 1.52. The zero-order chi connectivity index (χ0) is 25.4. The number of thioether (sulfide) groups is 1. The van der Waals surface area contributed by atoms with E-state index in [1.807, 2.05) is 43.5 Å². The van der Waals surface area contributed by atoms with Crippen molar-refractivity contribution in [3.05, 3.63) is 42.1 Å². The highest BCUT2D eigenvalue weighted by Gasteiger charge is 2.32. The molecule has 0 bridgehead atoms. The molecule has 35 heavy (non-hydrogen) atoms. The number of benzene rings is 1. The van der Waals surface area contributed by atoms with Crippen LogP contribution >= 0.6 is 11.8 Å². The van der Waals surface area contributed by atoms with Crippen LogP contribution in [-0.2, 0) is 10.9 Å². The first kappa shape index (κ1) is 25.2. The van der Waals surface area contributed by atoms with Crippen molar-refractivity contribution < 1.29 is 27.4 Å². The summed E-state index contributed by atoms with van der Waals surface area (Å²) in [5.41, 5.74) is 0.178. The Balaban J connectivity index is 1.59. The summed E-state index contributed by atoms with van der Waals surface area (Å²) in [6, 6.07) is 6.99. The monoisotopic (exact) mass is 508 g/mol.